The van der Waals surface area contributed by atoms with Gasteiger partial charge in [-0.05, 0) is 25.0 Å². The van der Waals surface area contributed by atoms with Gasteiger partial charge in [0.25, 0.3) is 5.91 Å². The van der Waals surface area contributed by atoms with E-state index in [2.05, 4.69) is 15.5 Å². The van der Waals surface area contributed by atoms with Gasteiger partial charge in [-0.1, -0.05) is 25.0 Å². The van der Waals surface area contributed by atoms with E-state index in [4.69, 9.17) is 0 Å². The minimum Gasteiger partial charge on any atom is -0.393 e. The van der Waals surface area contributed by atoms with E-state index in [0.717, 1.165) is 25.7 Å². The molecule has 0 aliphatic heterocycles. The molecule has 3 N–H and O–H groups in total. The number of benzene rings is 1. The molecule has 23 heavy (non-hydrogen) atoms. The van der Waals surface area contributed by atoms with Gasteiger partial charge in [-0.3, -0.25) is 9.89 Å². The average Bonchev–Trinajstić information content (AvgIpc) is 3.04. The molecule has 0 radical (unpaired) electrons. The van der Waals surface area contributed by atoms with Crippen molar-refractivity contribution < 1.29 is 14.3 Å². The van der Waals surface area contributed by atoms with Gasteiger partial charge in [0.2, 0.25) is 0 Å². The molecule has 3 rings (SSSR count). The molecule has 6 heteroatoms. The Labute approximate surface area is 133 Å². The molecule has 0 saturated heterocycles. The summed E-state index contributed by atoms with van der Waals surface area (Å²) in [4.78, 5) is 12.4. The van der Waals surface area contributed by atoms with Crippen LogP contribution in [0.3, 0.4) is 0 Å². The number of hydrogen-bond donors (Lipinski definition) is 3. The van der Waals surface area contributed by atoms with Crippen molar-refractivity contribution >= 4 is 5.91 Å². The SMILES string of the molecule is O=C(NCC1CCCCC1O)c1cn[nH]c1-c1ccccc1F. The number of halogens is 1. The smallest absolute Gasteiger partial charge is 0.255 e. The van der Waals surface area contributed by atoms with Gasteiger partial charge < -0.3 is 10.4 Å². The number of nitrogens with zero attached hydrogens (tertiary/aromatic N) is 1. The molecule has 1 aromatic heterocycles. The van der Waals surface area contributed by atoms with Crippen LogP contribution in [0, 0.1) is 11.7 Å². The summed E-state index contributed by atoms with van der Waals surface area (Å²) in [5.41, 5.74) is 0.984. The number of carbonyl (C=O) groups is 1. The van der Waals surface area contributed by atoms with Crippen LogP contribution in [-0.2, 0) is 0 Å². The van der Waals surface area contributed by atoms with E-state index in [0.29, 0.717) is 23.4 Å². The number of aromatic nitrogens is 2. The Morgan fingerprint density at radius 2 is 2.13 bits per heavy atom. The van der Waals surface area contributed by atoms with E-state index in [1.807, 2.05) is 0 Å². The van der Waals surface area contributed by atoms with Crippen LogP contribution in [0.4, 0.5) is 4.39 Å². The summed E-state index contributed by atoms with van der Waals surface area (Å²) in [5.74, 6) is -0.639. The van der Waals surface area contributed by atoms with Gasteiger partial charge in [0.1, 0.15) is 5.82 Å². The quantitative estimate of drug-likeness (QED) is 0.811. The number of amides is 1. The van der Waals surface area contributed by atoms with Crippen LogP contribution >= 0.6 is 0 Å². The molecule has 122 valence electrons. The summed E-state index contributed by atoms with van der Waals surface area (Å²) in [6.07, 6.45) is 4.84. The summed E-state index contributed by atoms with van der Waals surface area (Å²) >= 11 is 0. The van der Waals surface area contributed by atoms with E-state index in [1.165, 1.54) is 12.3 Å². The number of rotatable bonds is 4. The largest absolute Gasteiger partial charge is 0.393 e. The molecule has 0 bridgehead atoms. The summed E-state index contributed by atoms with van der Waals surface area (Å²) in [5, 5.41) is 19.4. The first-order valence-corrected chi connectivity index (χ1v) is 7.91. The summed E-state index contributed by atoms with van der Waals surface area (Å²) in [6.45, 7) is 0.419. The Balaban J connectivity index is 1.71. The lowest BCUT2D eigenvalue weighted by molar-refractivity contribution is 0.0663. The third-order valence-corrected chi connectivity index (χ3v) is 4.42. The number of carbonyl (C=O) groups excluding carboxylic acids is 1. The molecule has 2 atom stereocenters. The predicted octanol–water partition coefficient (Wildman–Crippen LogP) is 2.50. The van der Waals surface area contributed by atoms with Crippen LogP contribution in [0.15, 0.2) is 30.5 Å². The minimum atomic E-state index is -0.409. The Kier molecular flexibility index (Phi) is 4.71. The second-order valence-corrected chi connectivity index (χ2v) is 5.96. The Morgan fingerprint density at radius 1 is 1.35 bits per heavy atom. The van der Waals surface area contributed by atoms with Gasteiger partial charge in [-0.25, -0.2) is 4.39 Å². The summed E-state index contributed by atoms with van der Waals surface area (Å²) < 4.78 is 13.9. The highest BCUT2D eigenvalue weighted by Crippen LogP contribution is 2.25. The van der Waals surface area contributed by atoms with Crippen molar-refractivity contribution in [2.45, 2.75) is 31.8 Å². The van der Waals surface area contributed by atoms with Crippen LogP contribution in [0.2, 0.25) is 0 Å². The van der Waals surface area contributed by atoms with Crippen LogP contribution in [-0.4, -0.2) is 33.9 Å². The van der Waals surface area contributed by atoms with E-state index >= 15 is 0 Å². The van der Waals surface area contributed by atoms with Crippen molar-refractivity contribution in [3.63, 3.8) is 0 Å². The van der Waals surface area contributed by atoms with E-state index in [-0.39, 0.29) is 17.9 Å². The van der Waals surface area contributed by atoms with Gasteiger partial charge >= 0.3 is 0 Å². The standard InChI is InChI=1S/C17H20FN3O2/c18-14-7-3-2-6-12(14)16-13(10-20-21-16)17(23)19-9-11-5-1-4-8-15(11)22/h2-3,6-7,10-11,15,22H,1,4-5,8-9H2,(H,19,23)(H,20,21). The zero-order valence-corrected chi connectivity index (χ0v) is 12.8. The second-order valence-electron chi connectivity index (χ2n) is 5.96. The van der Waals surface area contributed by atoms with Crippen LogP contribution in [0.1, 0.15) is 36.0 Å². The molecule has 5 nitrogen and oxygen atoms in total. The predicted molar refractivity (Wildman–Crippen MR) is 84.3 cm³/mol. The minimum absolute atomic E-state index is 0.0801. The van der Waals surface area contributed by atoms with Crippen LogP contribution in [0.25, 0.3) is 11.3 Å². The monoisotopic (exact) mass is 317 g/mol. The topological polar surface area (TPSA) is 78.0 Å². The molecule has 2 aromatic rings. The molecule has 1 heterocycles. The van der Waals surface area contributed by atoms with Gasteiger partial charge in [-0.2, -0.15) is 5.10 Å². The maximum atomic E-state index is 13.9. The lowest BCUT2D eigenvalue weighted by Crippen LogP contribution is -2.36. The lowest BCUT2D eigenvalue weighted by atomic mass is 9.86. The highest BCUT2D eigenvalue weighted by Gasteiger charge is 2.24. The van der Waals surface area contributed by atoms with Gasteiger partial charge in [0, 0.05) is 18.0 Å². The summed E-state index contributed by atoms with van der Waals surface area (Å²) in [7, 11) is 0. The number of aromatic amines is 1. The van der Waals surface area contributed by atoms with Crippen molar-refractivity contribution in [1.82, 2.24) is 15.5 Å². The number of aliphatic hydroxyl groups is 1. The fourth-order valence-electron chi connectivity index (χ4n) is 3.07. The van der Waals surface area contributed by atoms with Gasteiger partial charge in [-0.15, -0.1) is 0 Å². The third kappa shape index (κ3) is 3.42. The molecule has 1 aliphatic rings. The van der Waals surface area contributed by atoms with Crippen LogP contribution in [0.5, 0.6) is 0 Å². The average molecular weight is 317 g/mol. The first kappa shape index (κ1) is 15.7. The van der Waals surface area contributed by atoms with E-state index < -0.39 is 5.82 Å². The highest BCUT2D eigenvalue weighted by atomic mass is 19.1. The molecular formula is C17H20FN3O2. The van der Waals surface area contributed by atoms with Crippen molar-refractivity contribution in [2.24, 2.45) is 5.92 Å². The normalized spacial score (nSPS) is 21.1. The van der Waals surface area contributed by atoms with Gasteiger partial charge in [0.15, 0.2) is 0 Å². The van der Waals surface area contributed by atoms with Crippen molar-refractivity contribution in [3.05, 3.63) is 41.8 Å². The first-order valence-electron chi connectivity index (χ1n) is 7.91. The first-order chi connectivity index (χ1) is 11.2. The number of nitrogens with one attached hydrogen (secondary N) is 2. The van der Waals surface area contributed by atoms with Crippen molar-refractivity contribution in [2.75, 3.05) is 6.54 Å². The van der Waals surface area contributed by atoms with Gasteiger partial charge in [0.05, 0.1) is 23.6 Å². The number of H-pyrrole nitrogens is 1. The fraction of sp³-hybridized carbons (Fsp3) is 0.412. The van der Waals surface area contributed by atoms with Crippen molar-refractivity contribution in [3.8, 4) is 11.3 Å². The molecule has 1 saturated carbocycles. The highest BCUT2D eigenvalue weighted by molar-refractivity contribution is 5.99. The molecule has 1 aliphatic carbocycles. The second kappa shape index (κ2) is 6.91. The fourth-order valence-corrected chi connectivity index (χ4v) is 3.07. The Morgan fingerprint density at radius 3 is 2.91 bits per heavy atom. The van der Waals surface area contributed by atoms with E-state index in [1.54, 1.807) is 18.2 Å². The molecular weight excluding hydrogens is 297 g/mol. The van der Waals surface area contributed by atoms with Crippen molar-refractivity contribution in [1.29, 1.82) is 0 Å². The third-order valence-electron chi connectivity index (χ3n) is 4.42. The maximum absolute atomic E-state index is 13.9. The number of aliphatic hydroxyl groups excluding tert-OH is 1. The zero-order valence-electron chi connectivity index (χ0n) is 12.8. The molecule has 1 amide bonds. The zero-order chi connectivity index (χ0) is 16.2. The van der Waals surface area contributed by atoms with Crippen LogP contribution < -0.4 is 5.32 Å². The summed E-state index contributed by atoms with van der Waals surface area (Å²) in [6, 6.07) is 6.25. The molecule has 1 fully saturated rings. The molecule has 0 spiro atoms. The Hall–Kier alpha value is -2.21. The van der Waals surface area contributed by atoms with E-state index in [9.17, 15) is 14.3 Å². The number of hydrogen-bond acceptors (Lipinski definition) is 3. The molecule has 2 unspecified atom stereocenters. The molecule has 1 aromatic carbocycles. The lowest BCUT2D eigenvalue weighted by Gasteiger charge is -2.27. The maximum Gasteiger partial charge on any atom is 0.255 e. The Bertz CT molecular complexity index is 686.